The lowest BCUT2D eigenvalue weighted by Crippen LogP contribution is -2.21. The predicted molar refractivity (Wildman–Crippen MR) is 174 cm³/mol. The van der Waals surface area contributed by atoms with Crippen LogP contribution in [0.3, 0.4) is 0 Å². The molecule has 0 bridgehead atoms. The Kier molecular flexibility index (Phi) is 9.46. The van der Waals surface area contributed by atoms with Crippen molar-refractivity contribution in [3.05, 3.63) is 124 Å². The van der Waals surface area contributed by atoms with Gasteiger partial charge in [0.25, 0.3) is 11.8 Å². The van der Waals surface area contributed by atoms with Gasteiger partial charge < -0.3 is 15.4 Å². The number of ether oxygens (including phenoxy) is 1. The first kappa shape index (κ1) is 29.5. The predicted octanol–water partition coefficient (Wildman–Crippen LogP) is 7.61. The molecule has 5 aromatic rings. The molecule has 2 amide bonds. The zero-order chi connectivity index (χ0) is 30.2. The van der Waals surface area contributed by atoms with E-state index in [9.17, 15) is 9.59 Å². The van der Waals surface area contributed by atoms with E-state index >= 15 is 0 Å². The van der Waals surface area contributed by atoms with E-state index in [4.69, 9.17) is 16.3 Å². The number of carbonyl (C=O) groups excluding carboxylic acids is 2. The molecule has 43 heavy (non-hydrogen) atoms. The average molecular weight is 610 g/mol. The van der Waals surface area contributed by atoms with Gasteiger partial charge in [-0.25, -0.2) is 10.4 Å². The lowest BCUT2D eigenvalue weighted by molar-refractivity contribution is -0.118. The van der Waals surface area contributed by atoms with Crippen LogP contribution in [0.2, 0.25) is 5.02 Å². The maximum atomic E-state index is 12.7. The number of aryl methyl sites for hydroxylation is 2. The first-order valence-corrected chi connectivity index (χ1v) is 14.6. The van der Waals surface area contributed by atoms with Crippen LogP contribution in [0.15, 0.2) is 101 Å². The van der Waals surface area contributed by atoms with Gasteiger partial charge in [-0.3, -0.25) is 9.59 Å². The highest BCUT2D eigenvalue weighted by Gasteiger charge is 2.10. The number of hydrogen-bond donors (Lipinski definition) is 3. The van der Waals surface area contributed by atoms with Gasteiger partial charge in [0, 0.05) is 38.5 Å². The molecular weight excluding hydrogens is 582 g/mol. The SMILES string of the molecule is Cc1ccc(Nc2nc(-c3ccc(C(=O)N/N=C/c4cc(Cl)ccc4OCC(=O)Nc4ccccc4C)cc3)cs2)cc1. The Morgan fingerprint density at radius 1 is 0.977 bits per heavy atom. The number of para-hydroxylation sites is 1. The molecule has 0 spiro atoms. The fourth-order valence-electron chi connectivity index (χ4n) is 4.04. The van der Waals surface area contributed by atoms with E-state index in [-0.39, 0.29) is 18.4 Å². The standard InChI is InChI=1S/C33H28ClN5O3S/c1-21-7-14-27(15-8-21)36-33-38-29(20-43-33)23-9-11-24(12-10-23)32(41)39-35-18-25-17-26(34)13-16-30(25)42-19-31(40)37-28-6-4-3-5-22(28)2/h3-18,20H,19H2,1-2H3,(H,36,38)(H,37,40)(H,39,41)/b35-18+. The fourth-order valence-corrected chi connectivity index (χ4v) is 4.96. The number of anilines is 3. The molecule has 8 nitrogen and oxygen atoms in total. The van der Waals surface area contributed by atoms with E-state index in [0.29, 0.717) is 21.9 Å². The van der Waals surface area contributed by atoms with E-state index in [1.165, 1.54) is 23.1 Å². The Bertz CT molecular complexity index is 1770. The summed E-state index contributed by atoms with van der Waals surface area (Å²) in [6.07, 6.45) is 1.42. The maximum absolute atomic E-state index is 12.7. The number of hydrazone groups is 1. The molecule has 10 heteroatoms. The van der Waals surface area contributed by atoms with Gasteiger partial charge in [0.1, 0.15) is 5.75 Å². The number of benzene rings is 4. The molecular formula is C33H28ClN5O3S. The Hall–Kier alpha value is -4.99. The van der Waals surface area contributed by atoms with Crippen molar-refractivity contribution in [2.45, 2.75) is 13.8 Å². The van der Waals surface area contributed by atoms with Gasteiger partial charge in [-0.15, -0.1) is 11.3 Å². The van der Waals surface area contributed by atoms with Crippen LogP contribution >= 0.6 is 22.9 Å². The number of rotatable bonds is 10. The zero-order valence-corrected chi connectivity index (χ0v) is 25.0. The van der Waals surface area contributed by atoms with Crippen LogP contribution in [-0.2, 0) is 4.79 Å². The minimum Gasteiger partial charge on any atom is -0.483 e. The summed E-state index contributed by atoms with van der Waals surface area (Å²) in [7, 11) is 0. The summed E-state index contributed by atoms with van der Waals surface area (Å²) in [4.78, 5) is 29.8. The summed E-state index contributed by atoms with van der Waals surface area (Å²) >= 11 is 7.67. The summed E-state index contributed by atoms with van der Waals surface area (Å²) in [5.74, 6) is -0.295. The van der Waals surface area contributed by atoms with Crippen molar-refractivity contribution in [3.8, 4) is 17.0 Å². The molecule has 216 valence electrons. The molecule has 0 saturated heterocycles. The molecule has 0 aliphatic rings. The highest BCUT2D eigenvalue weighted by atomic mass is 35.5. The van der Waals surface area contributed by atoms with Crippen LogP contribution in [0.4, 0.5) is 16.5 Å². The minimum absolute atomic E-state index is 0.210. The first-order chi connectivity index (χ1) is 20.8. The van der Waals surface area contributed by atoms with Crippen molar-refractivity contribution in [2.75, 3.05) is 17.2 Å². The molecule has 1 heterocycles. The summed E-state index contributed by atoms with van der Waals surface area (Å²) in [5.41, 5.74) is 8.99. The van der Waals surface area contributed by atoms with Crippen molar-refractivity contribution < 1.29 is 14.3 Å². The highest BCUT2D eigenvalue weighted by molar-refractivity contribution is 7.14. The second kappa shape index (κ2) is 13.8. The summed E-state index contributed by atoms with van der Waals surface area (Å²) in [6.45, 7) is 3.75. The van der Waals surface area contributed by atoms with Crippen LogP contribution in [0.1, 0.15) is 27.0 Å². The lowest BCUT2D eigenvalue weighted by Gasteiger charge is -2.11. The summed E-state index contributed by atoms with van der Waals surface area (Å²) in [5, 5.41) is 13.4. The van der Waals surface area contributed by atoms with Crippen molar-refractivity contribution in [3.63, 3.8) is 0 Å². The monoisotopic (exact) mass is 609 g/mol. The highest BCUT2D eigenvalue weighted by Crippen LogP contribution is 2.28. The zero-order valence-electron chi connectivity index (χ0n) is 23.4. The van der Waals surface area contributed by atoms with Crippen molar-refractivity contribution in [2.24, 2.45) is 5.10 Å². The molecule has 0 atom stereocenters. The Morgan fingerprint density at radius 2 is 1.74 bits per heavy atom. The van der Waals surface area contributed by atoms with E-state index in [1.54, 1.807) is 30.3 Å². The van der Waals surface area contributed by atoms with Gasteiger partial charge in [-0.05, 0) is 67.9 Å². The molecule has 5 rings (SSSR count). The third-order valence-electron chi connectivity index (χ3n) is 6.37. The van der Waals surface area contributed by atoms with E-state index < -0.39 is 0 Å². The molecule has 4 aromatic carbocycles. The van der Waals surface area contributed by atoms with Gasteiger partial charge in [-0.1, -0.05) is 59.6 Å². The normalized spacial score (nSPS) is 10.9. The molecule has 0 saturated carbocycles. The Morgan fingerprint density at radius 3 is 2.51 bits per heavy atom. The lowest BCUT2D eigenvalue weighted by atomic mass is 10.1. The van der Waals surface area contributed by atoms with Gasteiger partial charge in [0.15, 0.2) is 11.7 Å². The molecule has 0 radical (unpaired) electrons. The maximum Gasteiger partial charge on any atom is 0.271 e. The van der Waals surface area contributed by atoms with Crippen LogP contribution in [0.5, 0.6) is 5.75 Å². The smallest absolute Gasteiger partial charge is 0.271 e. The van der Waals surface area contributed by atoms with Gasteiger partial charge in [-0.2, -0.15) is 5.10 Å². The van der Waals surface area contributed by atoms with Crippen LogP contribution < -0.4 is 20.8 Å². The third-order valence-corrected chi connectivity index (χ3v) is 7.36. The topological polar surface area (TPSA) is 105 Å². The number of hydrogen-bond acceptors (Lipinski definition) is 7. The van der Waals surface area contributed by atoms with E-state index in [1.807, 2.05) is 79.9 Å². The molecule has 0 fully saturated rings. The number of nitrogens with zero attached hydrogens (tertiary/aromatic N) is 2. The molecule has 0 aliphatic carbocycles. The number of nitrogens with one attached hydrogen (secondary N) is 3. The van der Waals surface area contributed by atoms with Crippen molar-refractivity contribution >= 4 is 57.5 Å². The van der Waals surface area contributed by atoms with Gasteiger partial charge >= 0.3 is 0 Å². The number of aromatic nitrogens is 1. The Labute approximate surface area is 258 Å². The summed E-state index contributed by atoms with van der Waals surface area (Å²) in [6, 6.07) is 27.6. The number of amides is 2. The fraction of sp³-hybridized carbons (Fsp3) is 0.0909. The average Bonchev–Trinajstić information content (AvgIpc) is 3.47. The third kappa shape index (κ3) is 8.06. The van der Waals surface area contributed by atoms with Crippen molar-refractivity contribution in [1.82, 2.24) is 10.4 Å². The summed E-state index contributed by atoms with van der Waals surface area (Å²) < 4.78 is 5.72. The van der Waals surface area contributed by atoms with Crippen LogP contribution in [0, 0.1) is 13.8 Å². The first-order valence-electron chi connectivity index (χ1n) is 13.3. The Balaban J connectivity index is 1.17. The van der Waals surface area contributed by atoms with E-state index in [0.717, 1.165) is 33.3 Å². The molecule has 1 aromatic heterocycles. The molecule has 0 aliphatic heterocycles. The number of carbonyl (C=O) groups is 2. The van der Waals surface area contributed by atoms with E-state index in [2.05, 4.69) is 26.1 Å². The minimum atomic E-state index is -0.384. The van der Waals surface area contributed by atoms with Gasteiger partial charge in [0.2, 0.25) is 0 Å². The van der Waals surface area contributed by atoms with Gasteiger partial charge in [0.05, 0.1) is 11.9 Å². The second-order valence-corrected chi connectivity index (χ2v) is 10.9. The molecule has 0 unspecified atom stereocenters. The van der Waals surface area contributed by atoms with Crippen LogP contribution in [-0.4, -0.2) is 29.6 Å². The number of thiazole rings is 1. The number of halogens is 1. The second-order valence-electron chi connectivity index (χ2n) is 9.64. The largest absolute Gasteiger partial charge is 0.483 e. The molecule has 3 N–H and O–H groups in total. The van der Waals surface area contributed by atoms with Crippen molar-refractivity contribution in [1.29, 1.82) is 0 Å². The van der Waals surface area contributed by atoms with Crippen LogP contribution in [0.25, 0.3) is 11.3 Å². The quantitative estimate of drug-likeness (QED) is 0.112.